The van der Waals surface area contributed by atoms with Crippen LogP contribution in [0.2, 0.25) is 0 Å². The largest absolute Gasteiger partial charge is 0.508 e. The van der Waals surface area contributed by atoms with E-state index in [1.54, 1.807) is 24.3 Å². The predicted octanol–water partition coefficient (Wildman–Crippen LogP) is 1.66. The molecule has 0 fully saturated rings. The molecule has 0 saturated carbocycles. The van der Waals surface area contributed by atoms with Crippen LogP contribution in [-0.4, -0.2) is 22.7 Å². The molecule has 2 aromatic rings. The van der Waals surface area contributed by atoms with Crippen molar-refractivity contribution in [3.63, 3.8) is 0 Å². The first kappa shape index (κ1) is 14.4. The van der Waals surface area contributed by atoms with Crippen molar-refractivity contribution in [1.82, 2.24) is 0 Å². The number of phenolic OH excluding ortho intramolecular Hbond substituents is 2. The molecule has 106 valence electrons. The fourth-order valence-electron chi connectivity index (χ4n) is 1.76. The average molecular weight is 282 g/mol. The van der Waals surface area contributed by atoms with Crippen molar-refractivity contribution in [3.05, 3.63) is 53.6 Å². The molecule has 5 nitrogen and oxygen atoms in total. The van der Waals surface area contributed by atoms with Crippen LogP contribution in [0.1, 0.15) is 15.9 Å². The van der Waals surface area contributed by atoms with Crippen LogP contribution in [0, 0.1) is 11.8 Å². The van der Waals surface area contributed by atoms with E-state index in [4.69, 9.17) is 5.73 Å². The van der Waals surface area contributed by atoms with E-state index >= 15 is 0 Å². The number of benzene rings is 2. The molecule has 0 saturated heterocycles. The summed E-state index contributed by atoms with van der Waals surface area (Å²) in [6.07, 6.45) is 0. The predicted molar refractivity (Wildman–Crippen MR) is 80.1 cm³/mol. The van der Waals surface area contributed by atoms with Gasteiger partial charge in [0.1, 0.15) is 11.5 Å². The zero-order valence-electron chi connectivity index (χ0n) is 11.1. The number of carbonyl (C=O) groups is 1. The summed E-state index contributed by atoms with van der Waals surface area (Å²) in [6, 6.07) is 10.7. The number of aromatic hydroxyl groups is 2. The Morgan fingerprint density at radius 2 is 1.86 bits per heavy atom. The smallest absolute Gasteiger partial charge is 0.255 e. The Kier molecular flexibility index (Phi) is 4.44. The third kappa shape index (κ3) is 4.00. The first-order valence-corrected chi connectivity index (χ1v) is 6.22. The molecule has 2 rings (SSSR count). The molecule has 21 heavy (non-hydrogen) atoms. The van der Waals surface area contributed by atoms with E-state index in [0.29, 0.717) is 5.69 Å². The molecule has 0 aliphatic heterocycles. The second-order valence-electron chi connectivity index (χ2n) is 4.28. The van der Waals surface area contributed by atoms with Gasteiger partial charge in [-0.2, -0.15) is 0 Å². The third-order valence-corrected chi connectivity index (χ3v) is 2.62. The Bertz CT molecular complexity index is 710. The monoisotopic (exact) mass is 282 g/mol. The second kappa shape index (κ2) is 6.46. The Morgan fingerprint density at radius 3 is 2.52 bits per heavy atom. The van der Waals surface area contributed by atoms with Crippen LogP contribution in [0.3, 0.4) is 0 Å². The maximum absolute atomic E-state index is 12.1. The molecule has 0 bridgehead atoms. The van der Waals surface area contributed by atoms with Gasteiger partial charge in [0, 0.05) is 22.9 Å². The van der Waals surface area contributed by atoms with Gasteiger partial charge in [-0.15, -0.1) is 0 Å². The highest BCUT2D eigenvalue weighted by molar-refractivity contribution is 6.04. The molecule has 0 aromatic heterocycles. The van der Waals surface area contributed by atoms with Crippen LogP contribution in [0.5, 0.6) is 11.5 Å². The number of hydrogen-bond donors (Lipinski definition) is 4. The number of rotatable bonds is 2. The van der Waals surface area contributed by atoms with E-state index in [2.05, 4.69) is 17.2 Å². The highest BCUT2D eigenvalue weighted by Gasteiger charge is 2.09. The van der Waals surface area contributed by atoms with Gasteiger partial charge in [-0.05, 0) is 30.3 Å². The molecule has 5 N–H and O–H groups in total. The highest BCUT2D eigenvalue weighted by Crippen LogP contribution is 2.21. The average Bonchev–Trinajstić information content (AvgIpc) is 2.44. The standard InChI is InChI=1S/C16H14N2O3/c17-6-2-4-11-3-1-5-13(7-11)18-16(21)12-8-14(19)10-15(20)9-12/h1,3,5,7-10,19-20H,6,17H2,(H,18,21). The summed E-state index contributed by atoms with van der Waals surface area (Å²) in [5, 5.41) is 21.4. The first-order chi connectivity index (χ1) is 10.1. The lowest BCUT2D eigenvalue weighted by molar-refractivity contribution is 0.102. The van der Waals surface area contributed by atoms with E-state index in [0.717, 1.165) is 11.6 Å². The summed E-state index contributed by atoms with van der Waals surface area (Å²) >= 11 is 0. The van der Waals surface area contributed by atoms with Crippen LogP contribution in [0.25, 0.3) is 0 Å². The van der Waals surface area contributed by atoms with Gasteiger partial charge < -0.3 is 21.3 Å². The number of hydrogen-bond acceptors (Lipinski definition) is 4. The molecular formula is C16H14N2O3. The van der Waals surface area contributed by atoms with E-state index < -0.39 is 5.91 Å². The zero-order chi connectivity index (χ0) is 15.2. The van der Waals surface area contributed by atoms with E-state index in [9.17, 15) is 15.0 Å². The van der Waals surface area contributed by atoms with Gasteiger partial charge in [0.2, 0.25) is 0 Å². The number of carbonyl (C=O) groups excluding carboxylic acids is 1. The molecule has 0 heterocycles. The molecule has 5 heteroatoms. The summed E-state index contributed by atoms with van der Waals surface area (Å²) in [5.41, 5.74) is 6.76. The lowest BCUT2D eigenvalue weighted by Crippen LogP contribution is -2.11. The lowest BCUT2D eigenvalue weighted by Gasteiger charge is -2.06. The molecular weight excluding hydrogens is 268 g/mol. The van der Waals surface area contributed by atoms with Crippen LogP contribution < -0.4 is 11.1 Å². The maximum Gasteiger partial charge on any atom is 0.255 e. The number of nitrogens with one attached hydrogen (secondary N) is 1. The SMILES string of the molecule is NCC#Cc1cccc(NC(=O)c2cc(O)cc(O)c2)c1. The summed E-state index contributed by atoms with van der Waals surface area (Å²) < 4.78 is 0. The van der Waals surface area contributed by atoms with Crippen molar-refractivity contribution in [2.24, 2.45) is 5.73 Å². The molecule has 0 unspecified atom stereocenters. The molecule has 1 amide bonds. The fourth-order valence-corrected chi connectivity index (χ4v) is 1.76. The van der Waals surface area contributed by atoms with Crippen LogP contribution in [-0.2, 0) is 0 Å². The van der Waals surface area contributed by atoms with Gasteiger partial charge in [0.15, 0.2) is 0 Å². The van der Waals surface area contributed by atoms with Gasteiger partial charge in [-0.1, -0.05) is 17.9 Å². The van der Waals surface area contributed by atoms with Crippen molar-refractivity contribution in [1.29, 1.82) is 0 Å². The quantitative estimate of drug-likeness (QED) is 0.630. The molecule has 0 spiro atoms. The Labute approximate surface area is 122 Å². The third-order valence-electron chi connectivity index (χ3n) is 2.62. The van der Waals surface area contributed by atoms with Gasteiger partial charge in [-0.3, -0.25) is 4.79 Å². The molecule has 0 atom stereocenters. The zero-order valence-corrected chi connectivity index (χ0v) is 11.1. The molecule has 0 aliphatic rings. The van der Waals surface area contributed by atoms with Crippen molar-refractivity contribution < 1.29 is 15.0 Å². The Morgan fingerprint density at radius 1 is 1.14 bits per heavy atom. The van der Waals surface area contributed by atoms with Crippen molar-refractivity contribution in [2.45, 2.75) is 0 Å². The summed E-state index contributed by atoms with van der Waals surface area (Å²) in [4.78, 5) is 12.1. The second-order valence-corrected chi connectivity index (χ2v) is 4.28. The fraction of sp³-hybridized carbons (Fsp3) is 0.0625. The van der Waals surface area contributed by atoms with Gasteiger partial charge in [-0.25, -0.2) is 0 Å². The molecule has 2 aromatic carbocycles. The molecule has 0 aliphatic carbocycles. The summed E-state index contributed by atoms with van der Waals surface area (Å²) in [5.74, 6) is 4.80. The minimum absolute atomic E-state index is 0.158. The van der Waals surface area contributed by atoms with Crippen LogP contribution >= 0.6 is 0 Å². The van der Waals surface area contributed by atoms with Gasteiger partial charge in [0.05, 0.1) is 6.54 Å². The Hall–Kier alpha value is -2.97. The van der Waals surface area contributed by atoms with Gasteiger partial charge >= 0.3 is 0 Å². The normalized spacial score (nSPS) is 9.57. The van der Waals surface area contributed by atoms with Crippen LogP contribution in [0.15, 0.2) is 42.5 Å². The van der Waals surface area contributed by atoms with Crippen molar-refractivity contribution >= 4 is 11.6 Å². The first-order valence-electron chi connectivity index (χ1n) is 6.22. The Balaban J connectivity index is 2.19. The summed E-state index contributed by atoms with van der Waals surface area (Å²) in [7, 11) is 0. The van der Waals surface area contributed by atoms with Gasteiger partial charge in [0.25, 0.3) is 5.91 Å². The number of phenols is 2. The minimum atomic E-state index is -0.440. The maximum atomic E-state index is 12.1. The van der Waals surface area contributed by atoms with Crippen LogP contribution in [0.4, 0.5) is 5.69 Å². The van der Waals surface area contributed by atoms with Crippen molar-refractivity contribution in [2.75, 3.05) is 11.9 Å². The number of amides is 1. The molecule has 0 radical (unpaired) electrons. The minimum Gasteiger partial charge on any atom is -0.508 e. The number of nitrogens with two attached hydrogens (primary N) is 1. The van der Waals surface area contributed by atoms with E-state index in [1.807, 2.05) is 0 Å². The number of anilines is 1. The van der Waals surface area contributed by atoms with E-state index in [-0.39, 0.29) is 23.6 Å². The summed E-state index contributed by atoms with van der Waals surface area (Å²) in [6.45, 7) is 0.263. The topological polar surface area (TPSA) is 95.6 Å². The lowest BCUT2D eigenvalue weighted by atomic mass is 10.1. The van der Waals surface area contributed by atoms with Crippen molar-refractivity contribution in [3.8, 4) is 23.3 Å². The van der Waals surface area contributed by atoms with E-state index in [1.165, 1.54) is 12.1 Å². The highest BCUT2D eigenvalue weighted by atomic mass is 16.3.